The summed E-state index contributed by atoms with van der Waals surface area (Å²) >= 11 is 0. The molecule has 3 heterocycles. The number of rotatable bonds is 5. The minimum Gasteiger partial charge on any atom is -0.364 e. The highest BCUT2D eigenvalue weighted by molar-refractivity contribution is 5.81. The van der Waals surface area contributed by atoms with Crippen LogP contribution in [0.1, 0.15) is 43.0 Å². The van der Waals surface area contributed by atoms with Crippen molar-refractivity contribution >= 4 is 23.6 Å². The summed E-state index contributed by atoms with van der Waals surface area (Å²) in [6.07, 6.45) is 10.5. The van der Waals surface area contributed by atoms with Gasteiger partial charge in [0.1, 0.15) is 0 Å². The normalized spacial score (nSPS) is 16.6. The third-order valence-corrected chi connectivity index (χ3v) is 5.58. The van der Waals surface area contributed by atoms with E-state index in [4.69, 9.17) is 0 Å². The third-order valence-electron chi connectivity index (χ3n) is 5.58. The highest BCUT2D eigenvalue weighted by Gasteiger charge is 2.11. The number of aromatic nitrogens is 2. The van der Waals surface area contributed by atoms with E-state index in [2.05, 4.69) is 64.9 Å². The van der Waals surface area contributed by atoms with Crippen LogP contribution in [0.5, 0.6) is 0 Å². The third kappa shape index (κ3) is 3.63. The second kappa shape index (κ2) is 7.55. The number of likely N-dealkylation sites (tertiary alicyclic amines) is 1. The molecule has 0 amide bonds. The van der Waals surface area contributed by atoms with Gasteiger partial charge in [-0.2, -0.15) is 0 Å². The van der Waals surface area contributed by atoms with E-state index in [0.717, 1.165) is 24.7 Å². The molecule has 1 fully saturated rings. The van der Waals surface area contributed by atoms with Crippen LogP contribution < -0.4 is 10.6 Å². The van der Waals surface area contributed by atoms with E-state index < -0.39 is 0 Å². The van der Waals surface area contributed by atoms with Gasteiger partial charge in [-0.05, 0) is 61.7 Å². The molecule has 0 unspecified atom stereocenters. The zero-order valence-electron chi connectivity index (χ0n) is 15.8. The van der Waals surface area contributed by atoms with E-state index in [1.165, 1.54) is 65.3 Å². The lowest BCUT2D eigenvalue weighted by Gasteiger charge is -2.25. The van der Waals surface area contributed by atoms with Gasteiger partial charge in [-0.15, -0.1) is 0 Å². The number of hydrogen-bond donors (Lipinski definition) is 2. The highest BCUT2D eigenvalue weighted by Crippen LogP contribution is 2.14. The summed E-state index contributed by atoms with van der Waals surface area (Å²) in [5.41, 5.74) is 5.22. The van der Waals surface area contributed by atoms with Crippen LogP contribution in [-0.2, 0) is 19.4 Å². The van der Waals surface area contributed by atoms with Crippen molar-refractivity contribution in [3.63, 3.8) is 0 Å². The van der Waals surface area contributed by atoms with Crippen LogP contribution in [0.25, 0.3) is 23.6 Å². The fourth-order valence-corrected chi connectivity index (χ4v) is 4.06. The standard InChI is InChI=1S/C23H29N3/c1-3-18-7-10-23-22(14-18)21(17(2)25-23)9-8-20-13-19(15-24-20)16-26-11-5-4-6-12-26/h7,9-10,13-15,24-25H,2-6,8,11-12,16H2,1H3/b21-9+. The molecule has 2 N–H and O–H groups in total. The maximum absolute atomic E-state index is 4.20. The molecule has 1 aromatic carbocycles. The molecule has 1 saturated heterocycles. The smallest absolute Gasteiger partial charge is 0.0464 e. The first-order chi connectivity index (χ1) is 12.7. The average molecular weight is 348 g/mol. The molecule has 0 saturated carbocycles. The Morgan fingerprint density at radius 2 is 1.96 bits per heavy atom. The van der Waals surface area contributed by atoms with Crippen LogP contribution in [0, 0.1) is 0 Å². The van der Waals surface area contributed by atoms with Crippen LogP contribution in [0.4, 0.5) is 0 Å². The van der Waals surface area contributed by atoms with Crippen molar-refractivity contribution in [2.45, 2.75) is 45.6 Å². The number of fused-ring (bicyclic) bond motifs is 1. The molecule has 2 aromatic heterocycles. The van der Waals surface area contributed by atoms with Gasteiger partial charge in [0.15, 0.2) is 0 Å². The molecule has 4 rings (SSSR count). The van der Waals surface area contributed by atoms with Gasteiger partial charge in [0.2, 0.25) is 0 Å². The molecule has 3 aromatic rings. The number of nitrogens with zero attached hydrogens (tertiary/aromatic N) is 1. The van der Waals surface area contributed by atoms with Gasteiger partial charge in [0.25, 0.3) is 0 Å². The fourth-order valence-electron chi connectivity index (χ4n) is 4.06. The van der Waals surface area contributed by atoms with Gasteiger partial charge in [-0.3, -0.25) is 4.90 Å². The van der Waals surface area contributed by atoms with E-state index in [0.29, 0.717) is 0 Å². The van der Waals surface area contributed by atoms with Crippen LogP contribution in [0.15, 0.2) is 30.5 Å². The Bertz CT molecular complexity index is 986. The first-order valence-corrected chi connectivity index (χ1v) is 9.91. The molecule has 0 atom stereocenters. The van der Waals surface area contributed by atoms with Crippen molar-refractivity contribution in [1.29, 1.82) is 0 Å². The maximum Gasteiger partial charge on any atom is 0.0464 e. The van der Waals surface area contributed by atoms with Gasteiger partial charge >= 0.3 is 0 Å². The quantitative estimate of drug-likeness (QED) is 0.728. The molecule has 3 heteroatoms. The Labute approximate surface area is 155 Å². The number of aromatic amines is 2. The summed E-state index contributed by atoms with van der Waals surface area (Å²) in [5, 5.41) is 3.53. The lowest BCUT2D eigenvalue weighted by atomic mass is 10.1. The first kappa shape index (κ1) is 17.2. The first-order valence-electron chi connectivity index (χ1n) is 9.91. The van der Waals surface area contributed by atoms with Gasteiger partial charge in [-0.1, -0.05) is 32.1 Å². The van der Waals surface area contributed by atoms with E-state index >= 15 is 0 Å². The zero-order valence-corrected chi connectivity index (χ0v) is 15.8. The van der Waals surface area contributed by atoms with E-state index in [-0.39, 0.29) is 0 Å². The Balaban J connectivity index is 1.54. The van der Waals surface area contributed by atoms with Crippen molar-refractivity contribution in [3.05, 3.63) is 57.9 Å². The largest absolute Gasteiger partial charge is 0.364 e. The minimum absolute atomic E-state index is 0.909. The lowest BCUT2D eigenvalue weighted by Crippen LogP contribution is -2.28. The number of benzene rings is 1. The van der Waals surface area contributed by atoms with E-state index in [9.17, 15) is 0 Å². The molecule has 3 nitrogen and oxygen atoms in total. The predicted octanol–water partition coefficient (Wildman–Crippen LogP) is 3.48. The number of aryl methyl sites for hydroxylation is 1. The molecule has 0 spiro atoms. The second-order valence-corrected chi connectivity index (χ2v) is 7.53. The van der Waals surface area contributed by atoms with E-state index in [1.54, 1.807) is 0 Å². The van der Waals surface area contributed by atoms with E-state index in [1.807, 2.05) is 0 Å². The molecule has 0 bridgehead atoms. The molecular formula is C23H29N3. The monoisotopic (exact) mass is 347 g/mol. The number of piperidine rings is 1. The highest BCUT2D eigenvalue weighted by atomic mass is 15.1. The Kier molecular flexibility index (Phi) is 4.98. The number of H-pyrrole nitrogens is 2. The molecular weight excluding hydrogens is 318 g/mol. The molecule has 1 aliphatic heterocycles. The summed E-state index contributed by atoms with van der Waals surface area (Å²) in [6, 6.07) is 8.98. The molecule has 1 aliphatic rings. The van der Waals surface area contributed by atoms with Crippen molar-refractivity contribution in [3.8, 4) is 0 Å². The second-order valence-electron chi connectivity index (χ2n) is 7.53. The number of nitrogens with one attached hydrogen (secondary N) is 2. The topological polar surface area (TPSA) is 34.8 Å². The average Bonchev–Trinajstić information content (AvgIpc) is 3.23. The van der Waals surface area contributed by atoms with Crippen LogP contribution >= 0.6 is 0 Å². The molecule has 26 heavy (non-hydrogen) atoms. The Morgan fingerprint density at radius 3 is 2.77 bits per heavy atom. The predicted molar refractivity (Wildman–Crippen MR) is 111 cm³/mol. The molecule has 136 valence electrons. The number of hydrogen-bond acceptors (Lipinski definition) is 1. The van der Waals surface area contributed by atoms with Gasteiger partial charge < -0.3 is 9.97 Å². The summed E-state index contributed by atoms with van der Waals surface area (Å²) < 4.78 is 0. The van der Waals surface area contributed by atoms with Crippen molar-refractivity contribution in [2.24, 2.45) is 0 Å². The fraction of sp³-hybridized carbons (Fsp3) is 0.391. The zero-order chi connectivity index (χ0) is 17.9. The van der Waals surface area contributed by atoms with Crippen molar-refractivity contribution < 1.29 is 0 Å². The maximum atomic E-state index is 4.20. The van der Waals surface area contributed by atoms with Crippen LogP contribution in [0.2, 0.25) is 0 Å². The van der Waals surface area contributed by atoms with Crippen LogP contribution in [-0.4, -0.2) is 28.0 Å². The summed E-state index contributed by atoms with van der Waals surface area (Å²) in [4.78, 5) is 9.44. The van der Waals surface area contributed by atoms with Crippen LogP contribution in [0.3, 0.4) is 0 Å². The SMILES string of the molecule is C=c1[nH]c2ccc(CC)cc2/c1=C/Cc1cc(CN2CCCCC2)c[nH]1. The Hall–Kier alpha value is -2.26. The Morgan fingerprint density at radius 1 is 1.12 bits per heavy atom. The summed E-state index contributed by atoms with van der Waals surface area (Å²) in [6.45, 7) is 9.96. The summed E-state index contributed by atoms with van der Waals surface area (Å²) in [5.74, 6) is 0. The summed E-state index contributed by atoms with van der Waals surface area (Å²) in [7, 11) is 0. The van der Waals surface area contributed by atoms with Crippen molar-refractivity contribution in [2.75, 3.05) is 13.1 Å². The van der Waals surface area contributed by atoms with Crippen molar-refractivity contribution in [1.82, 2.24) is 14.9 Å². The van der Waals surface area contributed by atoms with Gasteiger partial charge in [0, 0.05) is 46.3 Å². The van der Waals surface area contributed by atoms with Gasteiger partial charge in [0.05, 0.1) is 0 Å². The minimum atomic E-state index is 0.909. The van der Waals surface area contributed by atoms with Gasteiger partial charge in [-0.25, -0.2) is 0 Å². The lowest BCUT2D eigenvalue weighted by molar-refractivity contribution is 0.221. The molecule has 0 radical (unpaired) electrons. The molecule has 0 aliphatic carbocycles.